The first-order chi connectivity index (χ1) is 9.60. The summed E-state index contributed by atoms with van der Waals surface area (Å²) in [5.74, 6) is 0.342. The number of hydrogen-bond donors (Lipinski definition) is 1. The van der Waals surface area contributed by atoms with Crippen LogP contribution in [-0.4, -0.2) is 26.2 Å². The maximum absolute atomic E-state index is 10.6. The lowest BCUT2D eigenvalue weighted by molar-refractivity contribution is -0.385. The third-order valence-corrected chi connectivity index (χ3v) is 2.65. The van der Waals surface area contributed by atoms with E-state index < -0.39 is 4.92 Å². The molecule has 102 valence electrons. The zero-order valence-electron chi connectivity index (χ0n) is 10.8. The van der Waals surface area contributed by atoms with E-state index in [1.54, 1.807) is 4.68 Å². The van der Waals surface area contributed by atoms with Gasteiger partial charge in [-0.15, -0.1) is 0 Å². The number of anilines is 1. The molecule has 0 aliphatic carbocycles. The molecule has 0 aromatic carbocycles. The summed E-state index contributed by atoms with van der Waals surface area (Å²) in [6.07, 6.45) is 3.65. The fraction of sp³-hybridized carbons (Fsp3) is 0.250. The third-order valence-electron chi connectivity index (χ3n) is 2.65. The molecule has 0 radical (unpaired) electrons. The number of aromatic nitrogens is 3. The molecule has 2 aromatic heterocycles. The Morgan fingerprint density at radius 2 is 2.40 bits per heavy atom. The van der Waals surface area contributed by atoms with Crippen LogP contribution < -0.4 is 5.32 Å². The predicted octanol–water partition coefficient (Wildman–Crippen LogP) is 1.25. The summed E-state index contributed by atoms with van der Waals surface area (Å²) in [7, 11) is 1.84. The van der Waals surface area contributed by atoms with Gasteiger partial charge in [0.1, 0.15) is 23.6 Å². The minimum Gasteiger partial charge on any atom is -0.369 e. The average Bonchev–Trinajstić information content (AvgIpc) is 2.84. The molecule has 0 saturated heterocycles. The minimum atomic E-state index is -0.578. The highest BCUT2D eigenvalue weighted by Crippen LogP contribution is 2.18. The number of hydrogen-bond acceptors (Lipinski definition) is 6. The molecule has 0 aliphatic rings. The van der Waals surface area contributed by atoms with Crippen LogP contribution in [0.1, 0.15) is 11.3 Å². The SMILES string of the molecule is Cn1ccc(CCNc2ncc([N+](=O)[O-])cc2C#N)n1. The Morgan fingerprint density at radius 3 is 3.00 bits per heavy atom. The smallest absolute Gasteiger partial charge is 0.289 e. The van der Waals surface area contributed by atoms with Crippen molar-refractivity contribution in [2.24, 2.45) is 7.05 Å². The van der Waals surface area contributed by atoms with E-state index in [0.717, 1.165) is 11.9 Å². The van der Waals surface area contributed by atoms with Crippen molar-refractivity contribution in [3.63, 3.8) is 0 Å². The summed E-state index contributed by atoms with van der Waals surface area (Å²) in [5, 5.41) is 26.8. The first-order valence-corrected chi connectivity index (χ1v) is 5.87. The Kier molecular flexibility index (Phi) is 3.91. The highest BCUT2D eigenvalue weighted by molar-refractivity contribution is 5.55. The van der Waals surface area contributed by atoms with Crippen molar-refractivity contribution in [2.75, 3.05) is 11.9 Å². The first-order valence-electron chi connectivity index (χ1n) is 5.87. The van der Waals surface area contributed by atoms with E-state index in [2.05, 4.69) is 15.4 Å². The normalized spacial score (nSPS) is 10.0. The Balaban J connectivity index is 2.02. The van der Waals surface area contributed by atoms with E-state index >= 15 is 0 Å². The Bertz CT molecular complexity index is 673. The van der Waals surface area contributed by atoms with Gasteiger partial charge in [0.15, 0.2) is 0 Å². The van der Waals surface area contributed by atoms with Crippen molar-refractivity contribution >= 4 is 11.5 Å². The maximum Gasteiger partial charge on any atom is 0.289 e. The number of nitrogens with zero attached hydrogens (tertiary/aromatic N) is 5. The molecule has 0 spiro atoms. The van der Waals surface area contributed by atoms with E-state index in [1.165, 1.54) is 6.07 Å². The van der Waals surface area contributed by atoms with Crippen LogP contribution in [0.25, 0.3) is 0 Å². The van der Waals surface area contributed by atoms with Gasteiger partial charge in [-0.1, -0.05) is 0 Å². The van der Waals surface area contributed by atoms with Gasteiger partial charge in [0.05, 0.1) is 10.6 Å². The fourth-order valence-corrected chi connectivity index (χ4v) is 1.69. The zero-order valence-corrected chi connectivity index (χ0v) is 10.8. The Labute approximate surface area is 114 Å². The maximum atomic E-state index is 10.6. The average molecular weight is 272 g/mol. The molecule has 0 bridgehead atoms. The van der Waals surface area contributed by atoms with Crippen LogP contribution >= 0.6 is 0 Å². The van der Waals surface area contributed by atoms with Crippen LogP contribution in [0, 0.1) is 21.4 Å². The van der Waals surface area contributed by atoms with Gasteiger partial charge >= 0.3 is 0 Å². The van der Waals surface area contributed by atoms with Crippen molar-refractivity contribution in [1.82, 2.24) is 14.8 Å². The number of nitrogens with one attached hydrogen (secondary N) is 1. The van der Waals surface area contributed by atoms with E-state index in [4.69, 9.17) is 5.26 Å². The zero-order chi connectivity index (χ0) is 14.5. The monoisotopic (exact) mass is 272 g/mol. The molecule has 2 rings (SSSR count). The lowest BCUT2D eigenvalue weighted by Crippen LogP contribution is -2.08. The first kappa shape index (κ1) is 13.5. The second-order valence-corrected chi connectivity index (χ2v) is 4.12. The summed E-state index contributed by atoms with van der Waals surface area (Å²) in [4.78, 5) is 13.9. The molecule has 8 nitrogen and oxygen atoms in total. The summed E-state index contributed by atoms with van der Waals surface area (Å²) in [6, 6.07) is 5.00. The molecular weight excluding hydrogens is 260 g/mol. The van der Waals surface area contributed by atoms with E-state index in [-0.39, 0.29) is 11.3 Å². The van der Waals surface area contributed by atoms with Crippen LogP contribution in [-0.2, 0) is 13.5 Å². The van der Waals surface area contributed by atoms with E-state index in [9.17, 15) is 10.1 Å². The summed E-state index contributed by atoms with van der Waals surface area (Å²) in [5.41, 5.74) is 0.873. The lowest BCUT2D eigenvalue weighted by atomic mass is 10.2. The molecule has 0 amide bonds. The second kappa shape index (κ2) is 5.79. The van der Waals surface area contributed by atoms with Gasteiger partial charge in [0.2, 0.25) is 0 Å². The molecule has 0 unspecified atom stereocenters. The topological polar surface area (TPSA) is 110 Å². The molecule has 0 atom stereocenters. The van der Waals surface area contributed by atoms with Gasteiger partial charge in [-0.05, 0) is 6.07 Å². The van der Waals surface area contributed by atoms with Crippen LogP contribution in [0.4, 0.5) is 11.5 Å². The Morgan fingerprint density at radius 1 is 1.60 bits per heavy atom. The van der Waals surface area contributed by atoms with Crippen LogP contribution in [0.15, 0.2) is 24.5 Å². The van der Waals surface area contributed by atoms with Gasteiger partial charge in [0, 0.05) is 32.3 Å². The van der Waals surface area contributed by atoms with Crippen molar-refractivity contribution < 1.29 is 4.92 Å². The quantitative estimate of drug-likeness (QED) is 0.648. The van der Waals surface area contributed by atoms with Gasteiger partial charge in [-0.3, -0.25) is 14.8 Å². The van der Waals surface area contributed by atoms with Gasteiger partial charge in [0.25, 0.3) is 5.69 Å². The van der Waals surface area contributed by atoms with Crippen LogP contribution in [0.3, 0.4) is 0 Å². The van der Waals surface area contributed by atoms with Gasteiger partial charge < -0.3 is 5.32 Å². The molecular formula is C12H12N6O2. The van der Waals surface area contributed by atoms with E-state index in [0.29, 0.717) is 18.8 Å². The largest absolute Gasteiger partial charge is 0.369 e. The van der Waals surface area contributed by atoms with Crippen molar-refractivity contribution in [3.05, 3.63) is 45.9 Å². The highest BCUT2D eigenvalue weighted by atomic mass is 16.6. The van der Waals surface area contributed by atoms with Crippen molar-refractivity contribution in [3.8, 4) is 6.07 Å². The number of nitriles is 1. The van der Waals surface area contributed by atoms with Gasteiger partial charge in [-0.25, -0.2) is 4.98 Å². The summed E-state index contributed by atoms with van der Waals surface area (Å²) in [6.45, 7) is 0.538. The third kappa shape index (κ3) is 3.08. The van der Waals surface area contributed by atoms with Crippen molar-refractivity contribution in [2.45, 2.75) is 6.42 Å². The standard InChI is InChI=1S/C12H12N6O2/c1-17-5-3-10(16-17)2-4-14-12-9(7-13)6-11(8-15-12)18(19)20/h3,5-6,8H,2,4H2,1H3,(H,14,15). The van der Waals surface area contributed by atoms with Gasteiger partial charge in [-0.2, -0.15) is 10.4 Å². The second-order valence-electron chi connectivity index (χ2n) is 4.12. The summed E-state index contributed by atoms with van der Waals surface area (Å²) >= 11 is 0. The fourth-order valence-electron chi connectivity index (χ4n) is 1.69. The molecule has 0 fully saturated rings. The molecule has 20 heavy (non-hydrogen) atoms. The molecule has 0 aliphatic heterocycles. The number of pyridine rings is 1. The van der Waals surface area contributed by atoms with E-state index in [1.807, 2.05) is 25.4 Å². The van der Waals surface area contributed by atoms with Crippen molar-refractivity contribution in [1.29, 1.82) is 5.26 Å². The molecule has 0 saturated carbocycles. The lowest BCUT2D eigenvalue weighted by Gasteiger charge is -2.05. The molecule has 2 aromatic rings. The summed E-state index contributed by atoms with van der Waals surface area (Å²) < 4.78 is 1.71. The number of nitro groups is 1. The van der Waals surface area contributed by atoms with Crippen LogP contribution in [0.2, 0.25) is 0 Å². The molecule has 1 N–H and O–H groups in total. The Hall–Kier alpha value is -2.95. The van der Waals surface area contributed by atoms with Crippen LogP contribution in [0.5, 0.6) is 0 Å². The molecule has 8 heteroatoms. The number of aryl methyl sites for hydroxylation is 1. The number of rotatable bonds is 5. The highest BCUT2D eigenvalue weighted by Gasteiger charge is 2.11. The molecule has 2 heterocycles. The minimum absolute atomic E-state index is 0.153. The predicted molar refractivity (Wildman–Crippen MR) is 71.0 cm³/mol.